The van der Waals surface area contributed by atoms with E-state index in [2.05, 4.69) is 15.3 Å². The summed E-state index contributed by atoms with van der Waals surface area (Å²) in [5.74, 6) is 0. The molecule has 2 aromatic heterocycles. The van der Waals surface area contributed by atoms with Crippen LogP contribution in [0.3, 0.4) is 0 Å². The number of aromatic nitrogens is 4. The highest BCUT2D eigenvalue weighted by molar-refractivity contribution is 5.84. The molecule has 5 heteroatoms. The van der Waals surface area contributed by atoms with Crippen LogP contribution in [0.1, 0.15) is 19.9 Å². The van der Waals surface area contributed by atoms with Gasteiger partial charge in [0.15, 0.2) is 0 Å². The Morgan fingerprint density at radius 3 is 2.85 bits per heavy atom. The van der Waals surface area contributed by atoms with Crippen LogP contribution in [0.2, 0.25) is 0 Å². The molecule has 0 aliphatic carbocycles. The molecule has 5 nitrogen and oxygen atoms in total. The van der Waals surface area contributed by atoms with E-state index in [0.717, 1.165) is 11.0 Å². The molecule has 2 heterocycles. The van der Waals surface area contributed by atoms with Crippen LogP contribution in [0, 0.1) is 0 Å². The van der Waals surface area contributed by atoms with E-state index in [1.54, 1.807) is 17.1 Å². The van der Waals surface area contributed by atoms with Crippen LogP contribution in [0.25, 0.3) is 11.0 Å². The standard InChI is InChI=1S/C8H11N5/c1-5(2)13-7-4-10-3-6(9)8(7)11-12-13/h3-5H,9H2,1-2H3. The molecule has 0 aliphatic rings. The number of hydrogen-bond donors (Lipinski definition) is 1. The molecule has 2 rings (SSSR count). The fraction of sp³-hybridized carbons (Fsp3) is 0.375. The predicted octanol–water partition coefficient (Wildman–Crippen LogP) is 0.989. The minimum Gasteiger partial charge on any atom is -0.396 e. The Morgan fingerprint density at radius 2 is 2.15 bits per heavy atom. The van der Waals surface area contributed by atoms with E-state index in [4.69, 9.17) is 5.73 Å². The van der Waals surface area contributed by atoms with E-state index in [9.17, 15) is 0 Å². The number of nitrogens with zero attached hydrogens (tertiary/aromatic N) is 4. The molecule has 0 saturated carbocycles. The van der Waals surface area contributed by atoms with Crippen molar-refractivity contribution in [3.05, 3.63) is 12.4 Å². The van der Waals surface area contributed by atoms with E-state index in [0.29, 0.717) is 5.69 Å². The Balaban J connectivity index is 2.75. The monoisotopic (exact) mass is 177 g/mol. The summed E-state index contributed by atoms with van der Waals surface area (Å²) in [5.41, 5.74) is 7.87. The van der Waals surface area contributed by atoms with Gasteiger partial charge in [0.1, 0.15) is 11.0 Å². The van der Waals surface area contributed by atoms with Gasteiger partial charge in [-0.3, -0.25) is 4.98 Å². The summed E-state index contributed by atoms with van der Waals surface area (Å²) in [6, 6.07) is 0.272. The number of fused-ring (bicyclic) bond motifs is 1. The molecule has 0 unspecified atom stereocenters. The van der Waals surface area contributed by atoms with Crippen LogP contribution in [-0.2, 0) is 0 Å². The lowest BCUT2D eigenvalue weighted by atomic mass is 10.3. The zero-order valence-corrected chi connectivity index (χ0v) is 7.60. The Morgan fingerprint density at radius 1 is 1.38 bits per heavy atom. The van der Waals surface area contributed by atoms with E-state index in [1.807, 2.05) is 13.8 Å². The first-order chi connectivity index (χ1) is 6.20. The molecule has 0 spiro atoms. The molecule has 0 amide bonds. The molecule has 0 aliphatic heterocycles. The summed E-state index contributed by atoms with van der Waals surface area (Å²) in [6.07, 6.45) is 3.31. The molecule has 0 bridgehead atoms. The minimum absolute atomic E-state index is 0.272. The average Bonchev–Trinajstić information content (AvgIpc) is 2.48. The first kappa shape index (κ1) is 7.97. The highest BCUT2D eigenvalue weighted by Gasteiger charge is 2.08. The lowest BCUT2D eigenvalue weighted by molar-refractivity contribution is 0.529. The number of anilines is 1. The van der Waals surface area contributed by atoms with Gasteiger partial charge in [0, 0.05) is 6.04 Å². The third kappa shape index (κ3) is 1.12. The van der Waals surface area contributed by atoms with Crippen molar-refractivity contribution in [2.24, 2.45) is 0 Å². The van der Waals surface area contributed by atoms with Gasteiger partial charge in [-0.05, 0) is 13.8 Å². The molecule has 68 valence electrons. The molecule has 0 atom stereocenters. The fourth-order valence-corrected chi connectivity index (χ4v) is 1.26. The molecule has 13 heavy (non-hydrogen) atoms. The first-order valence-electron chi connectivity index (χ1n) is 4.14. The van der Waals surface area contributed by atoms with E-state index in [-0.39, 0.29) is 6.04 Å². The van der Waals surface area contributed by atoms with Crippen LogP contribution >= 0.6 is 0 Å². The van der Waals surface area contributed by atoms with Crippen molar-refractivity contribution >= 4 is 16.7 Å². The maximum Gasteiger partial charge on any atom is 0.139 e. The van der Waals surface area contributed by atoms with Gasteiger partial charge in [-0.15, -0.1) is 5.10 Å². The summed E-state index contributed by atoms with van der Waals surface area (Å²) in [6.45, 7) is 4.08. The third-order valence-corrected chi connectivity index (χ3v) is 1.90. The van der Waals surface area contributed by atoms with Crippen LogP contribution in [0.15, 0.2) is 12.4 Å². The minimum atomic E-state index is 0.272. The Hall–Kier alpha value is -1.65. The SMILES string of the molecule is CC(C)n1nnc2c(N)cncc21. The smallest absolute Gasteiger partial charge is 0.139 e. The molecule has 2 aromatic rings. The fourth-order valence-electron chi connectivity index (χ4n) is 1.26. The van der Waals surface area contributed by atoms with Crippen LogP contribution in [-0.4, -0.2) is 20.0 Å². The van der Waals surface area contributed by atoms with Crippen LogP contribution < -0.4 is 5.73 Å². The molecule has 0 aromatic carbocycles. The van der Waals surface area contributed by atoms with Crippen molar-refractivity contribution in [1.29, 1.82) is 0 Å². The van der Waals surface area contributed by atoms with Gasteiger partial charge in [0.05, 0.1) is 18.1 Å². The molecular formula is C8H11N5. The van der Waals surface area contributed by atoms with E-state index < -0.39 is 0 Å². The number of rotatable bonds is 1. The quantitative estimate of drug-likeness (QED) is 0.705. The maximum atomic E-state index is 5.69. The molecule has 0 fully saturated rings. The highest BCUT2D eigenvalue weighted by Crippen LogP contribution is 2.18. The Kier molecular flexibility index (Phi) is 1.65. The van der Waals surface area contributed by atoms with Gasteiger partial charge in [0.2, 0.25) is 0 Å². The number of nitrogen functional groups attached to an aromatic ring is 1. The first-order valence-corrected chi connectivity index (χ1v) is 4.14. The van der Waals surface area contributed by atoms with Crippen molar-refractivity contribution in [3.63, 3.8) is 0 Å². The average molecular weight is 177 g/mol. The van der Waals surface area contributed by atoms with Gasteiger partial charge in [-0.25, -0.2) is 4.68 Å². The predicted molar refractivity (Wildman–Crippen MR) is 50.1 cm³/mol. The van der Waals surface area contributed by atoms with Gasteiger partial charge >= 0.3 is 0 Å². The van der Waals surface area contributed by atoms with E-state index in [1.165, 1.54) is 0 Å². The summed E-state index contributed by atoms with van der Waals surface area (Å²) in [7, 11) is 0. The largest absolute Gasteiger partial charge is 0.396 e. The molecule has 2 N–H and O–H groups in total. The number of pyridine rings is 1. The van der Waals surface area contributed by atoms with Crippen LogP contribution in [0.4, 0.5) is 5.69 Å². The highest BCUT2D eigenvalue weighted by atomic mass is 15.4. The summed E-state index contributed by atoms with van der Waals surface area (Å²) >= 11 is 0. The second-order valence-corrected chi connectivity index (χ2v) is 3.22. The van der Waals surface area contributed by atoms with Gasteiger partial charge < -0.3 is 5.73 Å². The normalized spacial score (nSPS) is 11.3. The van der Waals surface area contributed by atoms with Gasteiger partial charge in [-0.1, -0.05) is 5.21 Å². The van der Waals surface area contributed by atoms with Crippen molar-refractivity contribution in [1.82, 2.24) is 20.0 Å². The summed E-state index contributed by atoms with van der Waals surface area (Å²) < 4.78 is 1.80. The zero-order chi connectivity index (χ0) is 9.42. The van der Waals surface area contributed by atoms with Gasteiger partial charge in [0.25, 0.3) is 0 Å². The topological polar surface area (TPSA) is 69.6 Å². The number of nitrogens with two attached hydrogens (primary N) is 1. The van der Waals surface area contributed by atoms with E-state index >= 15 is 0 Å². The molecule has 0 saturated heterocycles. The second-order valence-electron chi connectivity index (χ2n) is 3.22. The van der Waals surface area contributed by atoms with Crippen LogP contribution in [0.5, 0.6) is 0 Å². The Bertz CT molecular complexity index is 431. The summed E-state index contributed by atoms with van der Waals surface area (Å²) in [4.78, 5) is 4.00. The lowest BCUT2D eigenvalue weighted by Gasteiger charge is -2.04. The van der Waals surface area contributed by atoms with Crippen molar-refractivity contribution < 1.29 is 0 Å². The molecule has 0 radical (unpaired) electrons. The zero-order valence-electron chi connectivity index (χ0n) is 7.60. The maximum absolute atomic E-state index is 5.69. The molecular weight excluding hydrogens is 166 g/mol. The van der Waals surface area contributed by atoms with Crippen molar-refractivity contribution in [2.45, 2.75) is 19.9 Å². The second kappa shape index (κ2) is 2.69. The summed E-state index contributed by atoms with van der Waals surface area (Å²) in [5, 5.41) is 7.99. The number of hydrogen-bond acceptors (Lipinski definition) is 4. The third-order valence-electron chi connectivity index (χ3n) is 1.90. The Labute approximate surface area is 75.6 Å². The van der Waals surface area contributed by atoms with Gasteiger partial charge in [-0.2, -0.15) is 0 Å². The van der Waals surface area contributed by atoms with Crippen molar-refractivity contribution in [3.8, 4) is 0 Å². The van der Waals surface area contributed by atoms with Crippen molar-refractivity contribution in [2.75, 3.05) is 5.73 Å². The lowest BCUT2D eigenvalue weighted by Crippen LogP contribution is -2.02.